The maximum Gasteiger partial charge on any atom is 0.319 e. The number of hydrogen-bond acceptors (Lipinski definition) is 13. The second-order valence-corrected chi connectivity index (χ2v) is 23.8. The van der Waals surface area contributed by atoms with Crippen molar-refractivity contribution in [3.8, 4) is 23.0 Å². The molecule has 3 amide bonds. The fraction of sp³-hybridized carbons (Fsp3) is 0.552. The largest absolute Gasteiger partial charge is 0.508 e. The zero-order valence-corrected chi connectivity index (χ0v) is 43.4. The summed E-state index contributed by atoms with van der Waals surface area (Å²) in [6, 6.07) is 11.5. The second kappa shape index (κ2) is 18.9. The maximum atomic E-state index is 17.4. The standard InChI is InChI=1S/C58H69F2N9O6/c1-4-37-42(59)10-9-34-25-36(70)26-39(47(34)37)49-48(60)50-40(29-63-49)51(68-23-6-13-56(3,74)32-68)66-54(65-50)75-33-57(16-17-57)27-35-28-61-21-20-58(35)18-14-55(2,15-19-58)45-31-67(24-22-62-45)43-8-5-7-38-41(43)30-69(53(38)73)44-11-12-46(71)64-52(44)72/h5,7-10,25-26,29,35,44-45,61-62,70,74H,4,6,11-24,27-28,30-33H2,1-3H3,(H,64,71,72)/t35?,44?,45?,55?,56-,58?/m1/s1. The lowest BCUT2D eigenvalue weighted by Gasteiger charge is -2.55. The van der Waals surface area contributed by atoms with Crippen LogP contribution in [-0.4, -0.2) is 118 Å². The predicted molar refractivity (Wildman–Crippen MR) is 282 cm³/mol. The Morgan fingerprint density at radius 3 is 2.52 bits per heavy atom. The molecule has 5 aromatic rings. The van der Waals surface area contributed by atoms with E-state index in [1.54, 1.807) is 30.2 Å². The first-order valence-electron chi connectivity index (χ1n) is 27.4. The average Bonchev–Trinajstić information content (AvgIpc) is 4.10. The number of aliphatic hydroxyl groups is 1. The van der Waals surface area contributed by atoms with Crippen molar-refractivity contribution < 1.29 is 38.1 Å². The summed E-state index contributed by atoms with van der Waals surface area (Å²) in [4.78, 5) is 58.9. The molecule has 4 saturated heterocycles. The van der Waals surface area contributed by atoms with E-state index in [4.69, 9.17) is 14.7 Å². The highest BCUT2D eigenvalue weighted by atomic mass is 19.1. The highest BCUT2D eigenvalue weighted by Crippen LogP contribution is 2.60. The molecule has 0 bridgehead atoms. The number of aromatic hydroxyl groups is 1. The van der Waals surface area contributed by atoms with E-state index in [9.17, 15) is 24.6 Å². The van der Waals surface area contributed by atoms with Gasteiger partial charge in [-0.15, -0.1) is 0 Å². The van der Waals surface area contributed by atoms with E-state index >= 15 is 8.78 Å². The van der Waals surface area contributed by atoms with Crippen LogP contribution < -0.4 is 30.5 Å². The molecule has 12 rings (SSSR count). The minimum Gasteiger partial charge on any atom is -0.508 e. The number of anilines is 2. The Morgan fingerprint density at radius 1 is 0.920 bits per heavy atom. The monoisotopic (exact) mass is 1030 g/mol. The normalized spacial score (nSPS) is 28.8. The molecule has 15 nitrogen and oxygen atoms in total. The number of benzene rings is 3. The SMILES string of the molecule is CCc1c(F)ccc2cc(O)cc(-c3ncc4c(N5CCC[C@@](C)(O)C5)nc(OCC5(CC6CNCCC67CCC(C)(C6CN(c8cccc9c8CN(C8CCC(=O)NC8=O)C9=O)CCN6)CC7)CC5)nc4c3F)c12. The van der Waals surface area contributed by atoms with Gasteiger partial charge in [0, 0.05) is 85.7 Å². The van der Waals surface area contributed by atoms with Crippen LogP contribution in [0.2, 0.25) is 0 Å². The number of rotatable bonds is 11. The summed E-state index contributed by atoms with van der Waals surface area (Å²) in [6.07, 6.45) is 12.4. The van der Waals surface area contributed by atoms with Gasteiger partial charge in [-0.3, -0.25) is 24.7 Å². The van der Waals surface area contributed by atoms with Crippen LogP contribution in [-0.2, 0) is 22.6 Å². The number of β-amino-alcohol motifs (C(OH)–C–C–N with tert-alkyl or cyclic N) is 1. The molecule has 7 heterocycles. The van der Waals surface area contributed by atoms with Gasteiger partial charge in [0.25, 0.3) is 5.91 Å². The number of pyridine rings is 1. The number of piperidine rings is 3. The Morgan fingerprint density at radius 2 is 1.75 bits per heavy atom. The zero-order chi connectivity index (χ0) is 52.0. The van der Waals surface area contributed by atoms with Gasteiger partial charge in [-0.2, -0.15) is 9.97 Å². The number of ether oxygens (including phenoxy) is 1. The Kier molecular flexibility index (Phi) is 12.6. The number of hydrogen-bond donors (Lipinski definition) is 5. The highest BCUT2D eigenvalue weighted by Gasteiger charge is 2.54. The van der Waals surface area contributed by atoms with E-state index in [2.05, 4.69) is 38.8 Å². The van der Waals surface area contributed by atoms with E-state index in [-0.39, 0.29) is 75.6 Å². The van der Waals surface area contributed by atoms with Gasteiger partial charge in [-0.1, -0.05) is 26.0 Å². The Bertz CT molecular complexity index is 3120. The number of nitrogens with one attached hydrogen (secondary N) is 3. The molecule has 6 fully saturated rings. The lowest BCUT2D eigenvalue weighted by molar-refractivity contribution is -0.136. The summed E-state index contributed by atoms with van der Waals surface area (Å²) in [5.41, 5.74) is 2.47. The van der Waals surface area contributed by atoms with Crippen molar-refractivity contribution in [3.63, 3.8) is 0 Å². The number of amides is 3. The van der Waals surface area contributed by atoms with Crippen LogP contribution >= 0.6 is 0 Å². The van der Waals surface area contributed by atoms with Crippen LogP contribution in [0.15, 0.2) is 48.7 Å². The summed E-state index contributed by atoms with van der Waals surface area (Å²) in [5, 5.41) is 33.6. The summed E-state index contributed by atoms with van der Waals surface area (Å²) >= 11 is 0. The molecule has 7 aliphatic rings. The van der Waals surface area contributed by atoms with Crippen molar-refractivity contribution in [1.29, 1.82) is 0 Å². The van der Waals surface area contributed by atoms with Gasteiger partial charge in [0.05, 0.1) is 17.6 Å². The molecule has 3 unspecified atom stereocenters. The molecule has 3 aromatic carbocycles. The quantitative estimate of drug-likeness (QED) is 0.0812. The van der Waals surface area contributed by atoms with Gasteiger partial charge >= 0.3 is 6.01 Å². The Labute approximate surface area is 436 Å². The fourth-order valence-electron chi connectivity index (χ4n) is 14.2. The number of phenols is 1. The van der Waals surface area contributed by atoms with Crippen LogP contribution in [0.5, 0.6) is 11.8 Å². The van der Waals surface area contributed by atoms with Crippen LogP contribution in [0.3, 0.4) is 0 Å². The molecule has 75 heavy (non-hydrogen) atoms. The van der Waals surface area contributed by atoms with E-state index in [0.717, 1.165) is 95.3 Å². The summed E-state index contributed by atoms with van der Waals surface area (Å²) in [6.45, 7) is 12.1. The lowest BCUT2D eigenvalue weighted by atomic mass is 9.54. The molecule has 5 aliphatic heterocycles. The van der Waals surface area contributed by atoms with Crippen LogP contribution in [0.4, 0.5) is 20.3 Å². The third-order valence-electron chi connectivity index (χ3n) is 18.9. The molecular formula is C58H69F2N9O6. The number of halogens is 2. The van der Waals surface area contributed by atoms with Crippen molar-refractivity contribution in [2.75, 3.05) is 62.2 Å². The fourth-order valence-corrected chi connectivity index (χ4v) is 14.2. The smallest absolute Gasteiger partial charge is 0.319 e. The van der Waals surface area contributed by atoms with Crippen molar-refractivity contribution in [1.82, 2.24) is 35.8 Å². The van der Waals surface area contributed by atoms with E-state index < -0.39 is 29.2 Å². The first kappa shape index (κ1) is 49.8. The molecule has 17 heteroatoms. The summed E-state index contributed by atoms with van der Waals surface area (Å²) in [5.74, 6) is -1.19. The first-order valence-corrected chi connectivity index (χ1v) is 27.4. The maximum absolute atomic E-state index is 17.4. The van der Waals surface area contributed by atoms with Crippen molar-refractivity contribution in [3.05, 3.63) is 77.0 Å². The van der Waals surface area contributed by atoms with E-state index in [0.29, 0.717) is 84.4 Å². The van der Waals surface area contributed by atoms with Crippen molar-refractivity contribution >= 4 is 50.9 Å². The molecule has 4 atom stereocenters. The van der Waals surface area contributed by atoms with Crippen molar-refractivity contribution in [2.45, 2.75) is 128 Å². The third-order valence-corrected chi connectivity index (χ3v) is 18.9. The minimum absolute atomic E-state index is 0.0106. The van der Waals surface area contributed by atoms with Gasteiger partial charge in [0.2, 0.25) is 11.8 Å². The van der Waals surface area contributed by atoms with Crippen LogP contribution in [0, 0.1) is 33.8 Å². The number of carbonyl (C=O) groups is 3. The van der Waals surface area contributed by atoms with Gasteiger partial charge in [0.1, 0.15) is 34.6 Å². The summed E-state index contributed by atoms with van der Waals surface area (Å²) in [7, 11) is 0. The number of aromatic nitrogens is 3. The average molecular weight is 1030 g/mol. The predicted octanol–water partition coefficient (Wildman–Crippen LogP) is 7.71. The third kappa shape index (κ3) is 9.03. The number of imide groups is 1. The molecule has 2 aliphatic carbocycles. The minimum atomic E-state index is -0.980. The summed E-state index contributed by atoms with van der Waals surface area (Å²) < 4.78 is 39.3. The van der Waals surface area contributed by atoms with Gasteiger partial charge < -0.3 is 40.3 Å². The molecule has 2 saturated carbocycles. The number of nitrogens with zero attached hydrogens (tertiary/aromatic N) is 6. The van der Waals surface area contributed by atoms with Gasteiger partial charge in [0.15, 0.2) is 5.82 Å². The van der Waals surface area contributed by atoms with Crippen molar-refractivity contribution in [2.24, 2.45) is 22.2 Å². The molecule has 5 N–H and O–H groups in total. The zero-order valence-electron chi connectivity index (χ0n) is 43.4. The number of aryl methyl sites for hydroxylation is 1. The number of fused-ring (bicyclic) bond motifs is 3. The second-order valence-electron chi connectivity index (χ2n) is 23.8. The lowest BCUT2D eigenvalue weighted by Crippen LogP contribution is -2.59. The molecule has 0 radical (unpaired) electrons. The van der Waals surface area contributed by atoms with Crippen LogP contribution in [0.25, 0.3) is 32.9 Å². The number of carbonyl (C=O) groups excluding carboxylic acids is 3. The van der Waals surface area contributed by atoms with Gasteiger partial charge in [-0.05, 0) is 160 Å². The van der Waals surface area contributed by atoms with E-state index in [1.807, 2.05) is 24.0 Å². The van der Waals surface area contributed by atoms with Gasteiger partial charge in [-0.25, -0.2) is 8.78 Å². The first-order chi connectivity index (χ1) is 36.1. The Balaban J connectivity index is 0.764. The van der Waals surface area contributed by atoms with E-state index in [1.165, 1.54) is 12.1 Å². The van der Waals surface area contributed by atoms with Crippen LogP contribution in [0.1, 0.15) is 119 Å². The number of piperazine rings is 1. The molecule has 2 aromatic heterocycles. The molecule has 396 valence electrons. The number of phenolic OH excluding ortho intramolecular Hbond substituents is 1. The highest BCUT2D eigenvalue weighted by molar-refractivity contribution is 6.06. The Hall–Kier alpha value is -6.04. The topological polar surface area (TPSA) is 185 Å². The molecule has 1 spiro atoms. The molecular weight excluding hydrogens is 957 g/mol.